The van der Waals surface area contributed by atoms with Crippen LogP contribution in [0.1, 0.15) is 36.5 Å². The van der Waals surface area contributed by atoms with Gasteiger partial charge >= 0.3 is 0 Å². The van der Waals surface area contributed by atoms with E-state index in [0.29, 0.717) is 24.5 Å². The summed E-state index contributed by atoms with van der Waals surface area (Å²) in [5.74, 6) is 0.373. The number of carbonyl (C=O) groups is 2. The minimum Gasteiger partial charge on any atom is -0.497 e. The highest BCUT2D eigenvalue weighted by atomic mass is 16.5. The largest absolute Gasteiger partial charge is 0.497 e. The summed E-state index contributed by atoms with van der Waals surface area (Å²) in [7, 11) is 1.59. The van der Waals surface area contributed by atoms with Crippen LogP contribution in [0.5, 0.6) is 5.75 Å². The molecule has 7 nitrogen and oxygen atoms in total. The summed E-state index contributed by atoms with van der Waals surface area (Å²) in [5, 5.41) is 7.00. The van der Waals surface area contributed by atoms with E-state index in [2.05, 4.69) is 17.1 Å². The van der Waals surface area contributed by atoms with Crippen LogP contribution in [-0.2, 0) is 11.2 Å². The number of methoxy groups -OCH3 is 1. The molecule has 0 radical (unpaired) electrons. The Labute approximate surface area is 152 Å². The Bertz CT molecular complexity index is 802. The standard InChI is InChI=1S/C19H24N4O3/c1-4-6-14-11-17(21-20-14)19(25)22-9-10-23(18(24)13(22)2)15-7-5-8-16(12-15)26-3/h5,7-8,11-13H,4,6,9-10H2,1-3H3,(H,20,21)/t13-/m0/s1. The number of rotatable bonds is 5. The van der Waals surface area contributed by atoms with E-state index in [4.69, 9.17) is 4.74 Å². The predicted molar refractivity (Wildman–Crippen MR) is 98.4 cm³/mol. The first-order chi connectivity index (χ1) is 12.5. The molecule has 1 aromatic carbocycles. The van der Waals surface area contributed by atoms with E-state index in [9.17, 15) is 9.59 Å². The SMILES string of the molecule is CCCc1cc(C(=O)N2CCN(c3cccc(OC)c3)C(=O)[C@@H]2C)n[nH]1. The molecule has 1 aliphatic heterocycles. The topological polar surface area (TPSA) is 78.5 Å². The average molecular weight is 356 g/mol. The van der Waals surface area contributed by atoms with E-state index in [0.717, 1.165) is 24.2 Å². The second-order valence-electron chi connectivity index (χ2n) is 6.39. The second-order valence-corrected chi connectivity index (χ2v) is 6.39. The first-order valence-electron chi connectivity index (χ1n) is 8.85. The Hall–Kier alpha value is -2.83. The molecule has 1 fully saturated rings. The van der Waals surface area contributed by atoms with Crippen LogP contribution >= 0.6 is 0 Å². The molecular formula is C19H24N4O3. The Morgan fingerprint density at radius 2 is 2.15 bits per heavy atom. The number of piperazine rings is 1. The quantitative estimate of drug-likeness (QED) is 0.891. The van der Waals surface area contributed by atoms with E-state index in [1.807, 2.05) is 24.3 Å². The molecule has 1 atom stereocenters. The lowest BCUT2D eigenvalue weighted by molar-refractivity contribution is -0.124. The first-order valence-corrected chi connectivity index (χ1v) is 8.85. The summed E-state index contributed by atoms with van der Waals surface area (Å²) >= 11 is 0. The van der Waals surface area contributed by atoms with Crippen LogP contribution in [0.2, 0.25) is 0 Å². The zero-order chi connectivity index (χ0) is 18.7. The summed E-state index contributed by atoms with van der Waals surface area (Å²) in [5.41, 5.74) is 2.08. The highest BCUT2D eigenvalue weighted by Crippen LogP contribution is 2.25. The van der Waals surface area contributed by atoms with Crippen LogP contribution in [0, 0.1) is 0 Å². The molecule has 0 aliphatic carbocycles. The average Bonchev–Trinajstić information content (AvgIpc) is 3.12. The smallest absolute Gasteiger partial charge is 0.275 e. The summed E-state index contributed by atoms with van der Waals surface area (Å²) in [6, 6.07) is 8.61. The van der Waals surface area contributed by atoms with Crippen molar-refractivity contribution in [2.45, 2.75) is 32.7 Å². The number of aromatic amines is 1. The fraction of sp³-hybridized carbons (Fsp3) is 0.421. The molecule has 1 saturated heterocycles. The fourth-order valence-corrected chi connectivity index (χ4v) is 3.20. The van der Waals surface area contributed by atoms with Crippen LogP contribution in [0.4, 0.5) is 5.69 Å². The van der Waals surface area contributed by atoms with Crippen molar-refractivity contribution in [3.05, 3.63) is 41.7 Å². The van der Waals surface area contributed by atoms with Crippen LogP contribution < -0.4 is 9.64 Å². The second kappa shape index (κ2) is 7.59. The lowest BCUT2D eigenvalue weighted by atomic mass is 10.1. The van der Waals surface area contributed by atoms with E-state index in [-0.39, 0.29) is 11.8 Å². The molecule has 3 rings (SSSR count). The predicted octanol–water partition coefficient (Wildman–Crippen LogP) is 2.25. The summed E-state index contributed by atoms with van der Waals surface area (Å²) in [6.07, 6.45) is 1.82. The number of nitrogens with one attached hydrogen (secondary N) is 1. The minimum absolute atomic E-state index is 0.109. The molecular weight excluding hydrogens is 332 g/mol. The summed E-state index contributed by atoms with van der Waals surface area (Å²) in [4.78, 5) is 28.9. The molecule has 1 N–H and O–H groups in total. The van der Waals surface area contributed by atoms with Gasteiger partial charge in [-0.25, -0.2) is 0 Å². The highest BCUT2D eigenvalue weighted by molar-refractivity contribution is 6.02. The normalized spacial score (nSPS) is 17.5. The van der Waals surface area contributed by atoms with Crippen LogP contribution in [0.3, 0.4) is 0 Å². The Morgan fingerprint density at radius 3 is 2.88 bits per heavy atom. The van der Waals surface area contributed by atoms with Gasteiger partial charge in [0.25, 0.3) is 5.91 Å². The van der Waals surface area contributed by atoms with Gasteiger partial charge in [0, 0.05) is 30.5 Å². The van der Waals surface area contributed by atoms with Gasteiger partial charge in [-0.15, -0.1) is 0 Å². The van der Waals surface area contributed by atoms with Crippen molar-refractivity contribution >= 4 is 17.5 Å². The Balaban J connectivity index is 1.75. The third-order valence-corrected chi connectivity index (χ3v) is 4.65. The van der Waals surface area contributed by atoms with Gasteiger partial charge in [-0.2, -0.15) is 5.10 Å². The van der Waals surface area contributed by atoms with Crippen LogP contribution in [0.25, 0.3) is 0 Å². The molecule has 1 aromatic heterocycles. The summed E-state index contributed by atoms with van der Waals surface area (Å²) < 4.78 is 5.23. The van der Waals surface area contributed by atoms with Gasteiger partial charge in [-0.05, 0) is 31.5 Å². The number of nitrogens with zero attached hydrogens (tertiary/aromatic N) is 3. The van der Waals surface area contributed by atoms with Crippen LogP contribution in [0.15, 0.2) is 30.3 Å². The van der Waals surface area contributed by atoms with Crippen molar-refractivity contribution in [1.82, 2.24) is 15.1 Å². The highest BCUT2D eigenvalue weighted by Gasteiger charge is 2.36. The molecule has 0 spiro atoms. The number of anilines is 1. The number of ether oxygens (including phenoxy) is 1. The molecule has 0 bridgehead atoms. The first kappa shape index (κ1) is 18.0. The van der Waals surface area contributed by atoms with Crippen molar-refractivity contribution in [3.8, 4) is 5.75 Å². The van der Waals surface area contributed by atoms with E-state index < -0.39 is 6.04 Å². The van der Waals surface area contributed by atoms with Crippen molar-refractivity contribution in [1.29, 1.82) is 0 Å². The third kappa shape index (κ3) is 3.42. The zero-order valence-electron chi connectivity index (χ0n) is 15.4. The maximum Gasteiger partial charge on any atom is 0.275 e. The molecule has 0 unspecified atom stereocenters. The zero-order valence-corrected chi connectivity index (χ0v) is 15.4. The van der Waals surface area contributed by atoms with Gasteiger partial charge < -0.3 is 14.5 Å². The Morgan fingerprint density at radius 1 is 1.35 bits per heavy atom. The Kier molecular flexibility index (Phi) is 5.25. The number of aryl methyl sites for hydroxylation is 1. The molecule has 138 valence electrons. The monoisotopic (exact) mass is 356 g/mol. The lowest BCUT2D eigenvalue weighted by Crippen LogP contribution is -2.57. The number of benzene rings is 1. The maximum absolute atomic E-state index is 12.8. The molecule has 2 heterocycles. The number of H-pyrrole nitrogens is 1. The van der Waals surface area contributed by atoms with Gasteiger partial charge in [0.15, 0.2) is 0 Å². The molecule has 2 amide bonds. The van der Waals surface area contributed by atoms with Crippen molar-refractivity contribution < 1.29 is 14.3 Å². The number of carbonyl (C=O) groups excluding carboxylic acids is 2. The van der Waals surface area contributed by atoms with Gasteiger partial charge in [0.1, 0.15) is 17.5 Å². The van der Waals surface area contributed by atoms with Gasteiger partial charge in [0.2, 0.25) is 5.91 Å². The van der Waals surface area contributed by atoms with Gasteiger partial charge in [0.05, 0.1) is 7.11 Å². The number of amides is 2. The van der Waals surface area contributed by atoms with E-state index in [1.165, 1.54) is 0 Å². The number of aromatic nitrogens is 2. The van der Waals surface area contributed by atoms with Crippen LogP contribution in [-0.4, -0.2) is 53.2 Å². The van der Waals surface area contributed by atoms with Crippen molar-refractivity contribution in [3.63, 3.8) is 0 Å². The van der Waals surface area contributed by atoms with Gasteiger partial charge in [-0.1, -0.05) is 19.4 Å². The summed E-state index contributed by atoms with van der Waals surface area (Å²) in [6.45, 7) is 4.72. The van der Waals surface area contributed by atoms with E-state index >= 15 is 0 Å². The molecule has 2 aromatic rings. The molecule has 26 heavy (non-hydrogen) atoms. The minimum atomic E-state index is -0.547. The molecule has 0 saturated carbocycles. The molecule has 7 heteroatoms. The van der Waals surface area contributed by atoms with E-state index in [1.54, 1.807) is 29.9 Å². The molecule has 1 aliphatic rings. The lowest BCUT2D eigenvalue weighted by Gasteiger charge is -2.38. The number of hydrogen-bond donors (Lipinski definition) is 1. The third-order valence-electron chi connectivity index (χ3n) is 4.65. The van der Waals surface area contributed by atoms with Crippen molar-refractivity contribution in [2.75, 3.05) is 25.1 Å². The number of hydrogen-bond acceptors (Lipinski definition) is 4. The van der Waals surface area contributed by atoms with Gasteiger partial charge in [-0.3, -0.25) is 14.7 Å². The fourth-order valence-electron chi connectivity index (χ4n) is 3.20. The maximum atomic E-state index is 12.8. The van der Waals surface area contributed by atoms with Crippen molar-refractivity contribution in [2.24, 2.45) is 0 Å².